The van der Waals surface area contributed by atoms with Crippen molar-refractivity contribution in [1.29, 1.82) is 0 Å². The molecular formula is C15H20N2O2. The van der Waals surface area contributed by atoms with Crippen LogP contribution in [0.25, 0.3) is 0 Å². The molecule has 2 aromatic rings. The van der Waals surface area contributed by atoms with Crippen LogP contribution in [0.3, 0.4) is 0 Å². The Hall–Kier alpha value is -1.81. The smallest absolute Gasteiger partial charge is 0.130 e. The summed E-state index contributed by atoms with van der Waals surface area (Å²) < 4.78 is 7.74. The molecule has 0 unspecified atom stereocenters. The minimum absolute atomic E-state index is 0.0108. The molecule has 1 heterocycles. The van der Waals surface area contributed by atoms with Crippen molar-refractivity contribution in [3.63, 3.8) is 0 Å². The summed E-state index contributed by atoms with van der Waals surface area (Å²) in [5.74, 6) is 0.731. The summed E-state index contributed by atoms with van der Waals surface area (Å²) in [5, 5.41) is 13.7. The Balaban J connectivity index is 2.14. The molecule has 0 aliphatic carbocycles. The standard InChI is InChI=1S/C15H20N2O2/c1-4-17-14(8-12(3)16-17)10-19-15-6-5-11(2)7-13(15)9-18/h5-8,18H,4,9-10H2,1-3H3. The minimum atomic E-state index is -0.0108. The largest absolute Gasteiger partial charge is 0.487 e. The number of ether oxygens (including phenoxy) is 1. The van der Waals surface area contributed by atoms with Crippen molar-refractivity contribution in [2.24, 2.45) is 0 Å². The van der Waals surface area contributed by atoms with E-state index in [9.17, 15) is 5.11 Å². The van der Waals surface area contributed by atoms with Gasteiger partial charge in [-0.1, -0.05) is 17.7 Å². The molecule has 2 rings (SSSR count). The summed E-state index contributed by atoms with van der Waals surface area (Å²) in [6.07, 6.45) is 0. The number of aryl methyl sites for hydroxylation is 3. The van der Waals surface area contributed by atoms with Crippen molar-refractivity contribution in [2.75, 3.05) is 0 Å². The van der Waals surface area contributed by atoms with Crippen molar-refractivity contribution >= 4 is 0 Å². The highest BCUT2D eigenvalue weighted by Crippen LogP contribution is 2.21. The van der Waals surface area contributed by atoms with Crippen LogP contribution in [-0.2, 0) is 19.8 Å². The van der Waals surface area contributed by atoms with Gasteiger partial charge in [0, 0.05) is 12.1 Å². The summed E-state index contributed by atoms with van der Waals surface area (Å²) in [5.41, 5.74) is 3.97. The van der Waals surface area contributed by atoms with E-state index < -0.39 is 0 Å². The molecular weight excluding hydrogens is 240 g/mol. The quantitative estimate of drug-likeness (QED) is 0.899. The van der Waals surface area contributed by atoms with E-state index in [0.29, 0.717) is 6.61 Å². The van der Waals surface area contributed by atoms with Gasteiger partial charge in [0.1, 0.15) is 12.4 Å². The van der Waals surface area contributed by atoms with E-state index in [1.807, 2.05) is 42.8 Å². The van der Waals surface area contributed by atoms with Gasteiger partial charge >= 0.3 is 0 Å². The monoisotopic (exact) mass is 260 g/mol. The Bertz CT molecular complexity index is 561. The third-order valence-electron chi connectivity index (χ3n) is 3.05. The molecule has 0 aliphatic rings. The molecule has 19 heavy (non-hydrogen) atoms. The maximum absolute atomic E-state index is 9.35. The number of aliphatic hydroxyl groups excluding tert-OH is 1. The molecule has 102 valence electrons. The Morgan fingerprint density at radius 2 is 2.05 bits per heavy atom. The van der Waals surface area contributed by atoms with Gasteiger partial charge in [0.25, 0.3) is 0 Å². The maximum atomic E-state index is 9.35. The van der Waals surface area contributed by atoms with Crippen LogP contribution in [0.5, 0.6) is 5.75 Å². The van der Waals surface area contributed by atoms with Crippen LogP contribution in [0.4, 0.5) is 0 Å². The fraction of sp³-hybridized carbons (Fsp3) is 0.400. The van der Waals surface area contributed by atoms with Gasteiger partial charge < -0.3 is 9.84 Å². The molecule has 0 saturated heterocycles. The molecule has 1 aromatic heterocycles. The molecule has 1 aromatic carbocycles. The highest BCUT2D eigenvalue weighted by atomic mass is 16.5. The number of rotatable bonds is 5. The van der Waals surface area contributed by atoms with Crippen molar-refractivity contribution in [2.45, 2.75) is 40.5 Å². The Kier molecular flexibility index (Phi) is 4.22. The van der Waals surface area contributed by atoms with Crippen LogP contribution in [0.15, 0.2) is 24.3 Å². The Labute approximate surface area is 113 Å². The third kappa shape index (κ3) is 3.15. The van der Waals surface area contributed by atoms with Crippen LogP contribution < -0.4 is 4.74 Å². The second kappa shape index (κ2) is 5.89. The predicted molar refractivity (Wildman–Crippen MR) is 74.1 cm³/mol. The molecule has 0 amide bonds. The summed E-state index contributed by atoms with van der Waals surface area (Å²) in [6, 6.07) is 7.85. The average Bonchev–Trinajstić information content (AvgIpc) is 2.77. The van der Waals surface area contributed by atoms with Crippen LogP contribution in [-0.4, -0.2) is 14.9 Å². The zero-order valence-electron chi connectivity index (χ0n) is 11.7. The van der Waals surface area contributed by atoms with Crippen molar-refractivity contribution in [3.05, 3.63) is 46.8 Å². The van der Waals surface area contributed by atoms with E-state index in [1.54, 1.807) is 0 Å². The van der Waals surface area contributed by atoms with Gasteiger partial charge in [-0.3, -0.25) is 4.68 Å². The molecule has 0 aliphatic heterocycles. The van der Waals surface area contributed by atoms with Crippen LogP contribution in [0.2, 0.25) is 0 Å². The van der Waals surface area contributed by atoms with E-state index in [-0.39, 0.29) is 6.61 Å². The molecule has 0 atom stereocenters. The van der Waals surface area contributed by atoms with E-state index in [4.69, 9.17) is 4.74 Å². The summed E-state index contributed by atoms with van der Waals surface area (Å²) in [7, 11) is 0. The molecule has 4 heteroatoms. The number of aromatic nitrogens is 2. The second-order valence-corrected chi connectivity index (χ2v) is 4.65. The van der Waals surface area contributed by atoms with Gasteiger partial charge in [-0.25, -0.2) is 0 Å². The number of hydrogen-bond donors (Lipinski definition) is 1. The first kappa shape index (κ1) is 13.6. The lowest BCUT2D eigenvalue weighted by Gasteiger charge is -2.11. The molecule has 0 saturated carbocycles. The van der Waals surface area contributed by atoms with Crippen LogP contribution in [0, 0.1) is 13.8 Å². The zero-order valence-corrected chi connectivity index (χ0v) is 11.7. The minimum Gasteiger partial charge on any atom is -0.487 e. The second-order valence-electron chi connectivity index (χ2n) is 4.65. The predicted octanol–water partition coefficient (Wildman–Crippen LogP) is 2.59. The Morgan fingerprint density at radius 1 is 1.26 bits per heavy atom. The normalized spacial score (nSPS) is 10.7. The highest BCUT2D eigenvalue weighted by molar-refractivity contribution is 5.36. The molecule has 0 spiro atoms. The van der Waals surface area contributed by atoms with Gasteiger partial charge in [-0.2, -0.15) is 5.10 Å². The fourth-order valence-corrected chi connectivity index (χ4v) is 2.11. The first-order chi connectivity index (χ1) is 9.13. The molecule has 0 fully saturated rings. The first-order valence-corrected chi connectivity index (χ1v) is 6.50. The molecule has 1 N–H and O–H groups in total. The van der Waals surface area contributed by atoms with Crippen molar-refractivity contribution in [1.82, 2.24) is 9.78 Å². The van der Waals surface area contributed by atoms with Crippen molar-refractivity contribution < 1.29 is 9.84 Å². The summed E-state index contributed by atoms with van der Waals surface area (Å²) >= 11 is 0. The van der Waals surface area contributed by atoms with Gasteiger partial charge in [-0.05, 0) is 32.9 Å². The fourth-order valence-electron chi connectivity index (χ4n) is 2.11. The van der Waals surface area contributed by atoms with Gasteiger partial charge in [-0.15, -0.1) is 0 Å². The third-order valence-corrected chi connectivity index (χ3v) is 3.05. The summed E-state index contributed by atoms with van der Waals surface area (Å²) in [4.78, 5) is 0. The molecule has 0 radical (unpaired) electrons. The van der Waals surface area contributed by atoms with Crippen LogP contribution >= 0.6 is 0 Å². The molecule has 4 nitrogen and oxygen atoms in total. The van der Waals surface area contributed by atoms with Gasteiger partial charge in [0.15, 0.2) is 0 Å². The average molecular weight is 260 g/mol. The number of nitrogens with zero attached hydrogens (tertiary/aromatic N) is 2. The van der Waals surface area contributed by atoms with E-state index in [2.05, 4.69) is 12.0 Å². The van der Waals surface area contributed by atoms with Crippen LogP contribution in [0.1, 0.15) is 29.4 Å². The Morgan fingerprint density at radius 3 is 2.74 bits per heavy atom. The van der Waals surface area contributed by atoms with Crippen molar-refractivity contribution in [3.8, 4) is 5.75 Å². The first-order valence-electron chi connectivity index (χ1n) is 6.50. The lowest BCUT2D eigenvalue weighted by molar-refractivity contribution is 0.254. The van der Waals surface area contributed by atoms with E-state index >= 15 is 0 Å². The van der Waals surface area contributed by atoms with Gasteiger partial charge in [0.2, 0.25) is 0 Å². The number of hydrogen-bond acceptors (Lipinski definition) is 3. The number of aliphatic hydroxyl groups is 1. The highest BCUT2D eigenvalue weighted by Gasteiger charge is 2.07. The lowest BCUT2D eigenvalue weighted by Crippen LogP contribution is -2.07. The maximum Gasteiger partial charge on any atom is 0.130 e. The zero-order chi connectivity index (χ0) is 13.8. The topological polar surface area (TPSA) is 47.3 Å². The lowest BCUT2D eigenvalue weighted by atomic mass is 10.1. The van der Waals surface area contributed by atoms with E-state index in [1.165, 1.54) is 0 Å². The molecule has 0 bridgehead atoms. The van der Waals surface area contributed by atoms with E-state index in [0.717, 1.165) is 34.8 Å². The number of benzene rings is 1. The van der Waals surface area contributed by atoms with Gasteiger partial charge in [0.05, 0.1) is 18.0 Å². The summed E-state index contributed by atoms with van der Waals surface area (Å²) in [6.45, 7) is 7.31. The SMILES string of the molecule is CCn1nc(C)cc1COc1ccc(C)cc1CO.